The lowest BCUT2D eigenvalue weighted by atomic mass is 10.1. The zero-order valence-corrected chi connectivity index (χ0v) is 23.0. The quantitative estimate of drug-likeness (QED) is 0.266. The van der Waals surface area contributed by atoms with E-state index < -0.39 is 28.6 Å². The summed E-state index contributed by atoms with van der Waals surface area (Å²) in [6.45, 7) is 12.1. The van der Waals surface area contributed by atoms with Crippen molar-refractivity contribution in [3.8, 4) is 5.75 Å². The topological polar surface area (TPSA) is 149 Å². The van der Waals surface area contributed by atoms with E-state index in [4.69, 9.17) is 14.2 Å². The predicted octanol–water partition coefficient (Wildman–Crippen LogP) is 3.43. The first-order chi connectivity index (χ1) is 18.5. The number of nitrogens with zero attached hydrogens (tertiary/aromatic N) is 5. The molecule has 212 valence electrons. The number of nitro groups is 1. The normalized spacial score (nSPS) is 14.3. The number of carbonyl (C=O) groups excluding carboxylic acids is 2. The molecule has 0 spiro atoms. The van der Waals surface area contributed by atoms with Crippen LogP contribution in [-0.4, -0.2) is 82.9 Å². The maximum absolute atomic E-state index is 13.2. The van der Waals surface area contributed by atoms with Gasteiger partial charge in [-0.05, 0) is 52.3 Å². The highest BCUT2D eigenvalue weighted by Gasteiger charge is 2.29. The average molecular weight is 545 g/mol. The van der Waals surface area contributed by atoms with Gasteiger partial charge in [0.2, 0.25) is 11.8 Å². The van der Waals surface area contributed by atoms with Crippen LogP contribution in [0, 0.1) is 10.1 Å². The first-order valence-electron chi connectivity index (χ1n) is 12.9. The van der Waals surface area contributed by atoms with Crippen molar-refractivity contribution in [3.63, 3.8) is 0 Å². The number of nitrogens with one attached hydrogen (secondary N) is 1. The molecule has 0 aliphatic carbocycles. The molecule has 1 aromatic heterocycles. The Hall–Kier alpha value is -4.00. The number of aromatic nitrogens is 2. The molecule has 3 rings (SSSR count). The number of ether oxygens (including phenoxy) is 3. The second kappa shape index (κ2) is 13.2. The Morgan fingerprint density at radius 2 is 1.82 bits per heavy atom. The molecule has 13 nitrogen and oxygen atoms in total. The third-order valence-electron chi connectivity index (χ3n) is 5.84. The van der Waals surface area contributed by atoms with Crippen LogP contribution in [0.1, 0.15) is 40.2 Å². The van der Waals surface area contributed by atoms with Crippen molar-refractivity contribution in [1.29, 1.82) is 0 Å². The second-order valence-electron chi connectivity index (χ2n) is 9.88. The standard InChI is InChI=1S/C26H36N6O7/c1-6-30(7-2)24-27-17-21(32(35)36)22(29-24)28-20(23(33)39-26(3,4)5)16-18-8-10-19(11-9-18)38-25(34)31-12-14-37-15-13-31/h8-11,17,20H,6-7,12-16H2,1-5H3,(H,27,28,29)/t20-/m0/s1. The number of rotatable bonds is 10. The van der Waals surface area contributed by atoms with Crippen molar-refractivity contribution in [3.05, 3.63) is 46.1 Å². The predicted molar refractivity (Wildman–Crippen MR) is 144 cm³/mol. The van der Waals surface area contributed by atoms with Crippen molar-refractivity contribution < 1.29 is 28.7 Å². The summed E-state index contributed by atoms with van der Waals surface area (Å²) in [6, 6.07) is 5.70. The Kier molecular flexibility index (Phi) is 9.99. The number of morpholine rings is 1. The number of esters is 1. The van der Waals surface area contributed by atoms with Crippen LogP contribution in [0.3, 0.4) is 0 Å². The SMILES string of the molecule is CCN(CC)c1ncc([N+](=O)[O-])c(N[C@@H](Cc2ccc(OC(=O)N3CCOCC3)cc2)C(=O)OC(C)(C)C)n1. The maximum Gasteiger partial charge on any atom is 0.415 e. The molecule has 2 aromatic rings. The minimum atomic E-state index is -0.996. The third kappa shape index (κ3) is 8.50. The van der Waals surface area contributed by atoms with E-state index in [2.05, 4.69) is 15.3 Å². The average Bonchev–Trinajstić information content (AvgIpc) is 2.89. The van der Waals surface area contributed by atoms with E-state index in [1.807, 2.05) is 18.7 Å². The Bertz CT molecular complexity index is 1140. The molecule has 1 aliphatic heterocycles. The summed E-state index contributed by atoms with van der Waals surface area (Å²) in [7, 11) is 0. The number of hydrogen-bond acceptors (Lipinski definition) is 11. The van der Waals surface area contributed by atoms with Gasteiger partial charge in [0, 0.05) is 32.6 Å². The van der Waals surface area contributed by atoms with Gasteiger partial charge in [-0.15, -0.1) is 0 Å². The number of hydrogen-bond donors (Lipinski definition) is 1. The highest BCUT2D eigenvalue weighted by molar-refractivity contribution is 5.81. The van der Waals surface area contributed by atoms with Gasteiger partial charge in [-0.2, -0.15) is 4.98 Å². The van der Waals surface area contributed by atoms with E-state index in [9.17, 15) is 19.7 Å². The first kappa shape index (κ1) is 29.6. The lowest BCUT2D eigenvalue weighted by molar-refractivity contribution is -0.384. The van der Waals surface area contributed by atoms with Crippen molar-refractivity contribution in [2.75, 3.05) is 49.6 Å². The number of amides is 1. The molecule has 1 saturated heterocycles. The Morgan fingerprint density at radius 1 is 1.18 bits per heavy atom. The molecule has 0 bridgehead atoms. The monoisotopic (exact) mass is 544 g/mol. The van der Waals surface area contributed by atoms with E-state index in [1.54, 1.807) is 49.9 Å². The van der Waals surface area contributed by atoms with Crippen LogP contribution in [0.15, 0.2) is 30.5 Å². The zero-order valence-electron chi connectivity index (χ0n) is 23.0. The number of carbonyl (C=O) groups is 2. The summed E-state index contributed by atoms with van der Waals surface area (Å²) in [4.78, 5) is 48.6. The number of anilines is 2. The second-order valence-corrected chi connectivity index (χ2v) is 9.88. The van der Waals surface area contributed by atoms with Crippen molar-refractivity contribution in [2.45, 2.75) is 52.7 Å². The summed E-state index contributed by atoms with van der Waals surface area (Å²) >= 11 is 0. The molecule has 1 aromatic carbocycles. The smallest absolute Gasteiger partial charge is 0.415 e. The fourth-order valence-electron chi connectivity index (χ4n) is 3.84. The summed E-state index contributed by atoms with van der Waals surface area (Å²) < 4.78 is 16.3. The molecular formula is C26H36N6O7. The van der Waals surface area contributed by atoms with Gasteiger partial charge in [-0.1, -0.05) is 12.1 Å². The molecule has 0 unspecified atom stereocenters. The van der Waals surface area contributed by atoms with Gasteiger partial charge in [-0.25, -0.2) is 14.6 Å². The molecule has 2 heterocycles. The first-order valence-corrected chi connectivity index (χ1v) is 12.9. The summed E-state index contributed by atoms with van der Waals surface area (Å²) in [5, 5.41) is 14.7. The molecule has 0 radical (unpaired) electrons. The Balaban J connectivity index is 1.83. The van der Waals surface area contributed by atoms with Crippen LogP contribution in [0.2, 0.25) is 0 Å². The fourth-order valence-corrected chi connectivity index (χ4v) is 3.84. The van der Waals surface area contributed by atoms with Gasteiger partial charge < -0.3 is 29.3 Å². The fraction of sp³-hybridized carbons (Fsp3) is 0.538. The molecule has 1 aliphatic rings. The summed E-state index contributed by atoms with van der Waals surface area (Å²) in [5.41, 5.74) is -0.423. The zero-order chi connectivity index (χ0) is 28.6. The molecule has 39 heavy (non-hydrogen) atoms. The van der Waals surface area contributed by atoms with Crippen molar-refractivity contribution >= 4 is 29.5 Å². The van der Waals surface area contributed by atoms with Gasteiger partial charge >= 0.3 is 17.7 Å². The lowest BCUT2D eigenvalue weighted by Gasteiger charge is -2.26. The number of benzene rings is 1. The van der Waals surface area contributed by atoms with E-state index >= 15 is 0 Å². The van der Waals surface area contributed by atoms with Gasteiger partial charge in [0.15, 0.2) is 0 Å². The van der Waals surface area contributed by atoms with Gasteiger partial charge in [0.25, 0.3) is 0 Å². The van der Waals surface area contributed by atoms with Crippen LogP contribution in [0.25, 0.3) is 0 Å². The van der Waals surface area contributed by atoms with Crippen LogP contribution < -0.4 is 15.0 Å². The minimum Gasteiger partial charge on any atom is -0.458 e. The molecule has 0 saturated carbocycles. The maximum atomic E-state index is 13.2. The highest BCUT2D eigenvalue weighted by atomic mass is 16.6. The van der Waals surface area contributed by atoms with E-state index in [0.29, 0.717) is 56.7 Å². The van der Waals surface area contributed by atoms with E-state index in [0.717, 1.165) is 6.20 Å². The summed E-state index contributed by atoms with van der Waals surface area (Å²) in [5.74, 6) is -0.0127. The van der Waals surface area contributed by atoms with Gasteiger partial charge in [-0.3, -0.25) is 10.1 Å². The molecule has 1 fully saturated rings. The molecular weight excluding hydrogens is 508 g/mol. The molecule has 1 N–H and O–H groups in total. The van der Waals surface area contributed by atoms with Gasteiger partial charge in [0.1, 0.15) is 23.6 Å². The van der Waals surface area contributed by atoms with Crippen LogP contribution in [-0.2, 0) is 20.7 Å². The van der Waals surface area contributed by atoms with Crippen LogP contribution in [0.4, 0.5) is 22.2 Å². The van der Waals surface area contributed by atoms with Crippen LogP contribution in [0.5, 0.6) is 5.75 Å². The van der Waals surface area contributed by atoms with Crippen molar-refractivity contribution in [2.24, 2.45) is 0 Å². The Labute approximate surface area is 227 Å². The molecule has 13 heteroatoms. The minimum absolute atomic E-state index is 0.0798. The van der Waals surface area contributed by atoms with Crippen LogP contribution >= 0.6 is 0 Å². The molecule has 1 atom stereocenters. The van der Waals surface area contributed by atoms with Gasteiger partial charge in [0.05, 0.1) is 18.1 Å². The lowest BCUT2D eigenvalue weighted by Crippen LogP contribution is -2.42. The van der Waals surface area contributed by atoms with E-state index in [1.165, 1.54) is 0 Å². The van der Waals surface area contributed by atoms with E-state index in [-0.39, 0.29) is 17.9 Å². The highest BCUT2D eigenvalue weighted by Crippen LogP contribution is 2.26. The summed E-state index contributed by atoms with van der Waals surface area (Å²) in [6.07, 6.45) is 0.806. The van der Waals surface area contributed by atoms with Crippen molar-refractivity contribution in [1.82, 2.24) is 14.9 Å². The third-order valence-corrected chi connectivity index (χ3v) is 5.84. The molecule has 1 amide bonds. The largest absolute Gasteiger partial charge is 0.458 e. The Morgan fingerprint density at radius 3 is 2.38 bits per heavy atom.